The Labute approximate surface area is 199 Å². The van der Waals surface area contributed by atoms with E-state index in [4.69, 9.17) is 0 Å². The molecule has 0 aliphatic heterocycles. The third-order valence-electron chi connectivity index (χ3n) is 6.34. The van der Waals surface area contributed by atoms with E-state index in [1.54, 1.807) is 0 Å². The Morgan fingerprint density at radius 2 is 0.710 bits per heavy atom. The molecule has 0 aromatic rings. The minimum atomic E-state index is 1.03. The molecule has 0 aliphatic rings. The summed E-state index contributed by atoms with van der Waals surface area (Å²) in [5, 5.41) is 3.40. The van der Waals surface area contributed by atoms with Crippen LogP contribution in [0.15, 0.2) is 0 Å². The Bertz CT molecular complexity index is 262. The van der Waals surface area contributed by atoms with Gasteiger partial charge in [0.2, 0.25) is 0 Å². The van der Waals surface area contributed by atoms with Crippen molar-refractivity contribution in [1.82, 2.24) is 10.2 Å². The first-order valence-corrected chi connectivity index (χ1v) is 14.6. The highest BCUT2D eigenvalue weighted by atomic mass is 15.2. The first-order valence-electron chi connectivity index (χ1n) is 14.6. The van der Waals surface area contributed by atoms with Crippen molar-refractivity contribution in [2.75, 3.05) is 26.8 Å². The normalized spacial score (nSPS) is 11.0. The van der Waals surface area contributed by atoms with Gasteiger partial charge in [-0.3, -0.25) is 4.90 Å². The van der Waals surface area contributed by atoms with Crippen molar-refractivity contribution in [3.05, 3.63) is 0 Å². The van der Waals surface area contributed by atoms with Gasteiger partial charge >= 0.3 is 0 Å². The largest absolute Gasteiger partial charge is 0.304 e. The highest BCUT2D eigenvalue weighted by molar-refractivity contribution is 4.50. The molecular formula is C29H64N2. The maximum atomic E-state index is 3.40. The van der Waals surface area contributed by atoms with Crippen molar-refractivity contribution in [2.24, 2.45) is 0 Å². The summed E-state index contributed by atoms with van der Waals surface area (Å²) in [5.74, 6) is 0. The highest BCUT2D eigenvalue weighted by Gasteiger charge is 1.94. The molecule has 0 rings (SSSR count). The summed E-state index contributed by atoms with van der Waals surface area (Å²) in [7, 11) is 2.13. The molecule has 0 heterocycles. The Morgan fingerprint density at radius 1 is 0.419 bits per heavy atom. The summed E-state index contributed by atoms with van der Waals surface area (Å²) >= 11 is 0. The molecule has 2 heteroatoms. The zero-order valence-corrected chi connectivity index (χ0v) is 22.9. The second-order valence-corrected chi connectivity index (χ2v) is 9.69. The van der Waals surface area contributed by atoms with Crippen LogP contribution in [0.3, 0.4) is 0 Å². The van der Waals surface area contributed by atoms with Crippen LogP contribution < -0.4 is 5.32 Å². The highest BCUT2D eigenvalue weighted by Crippen LogP contribution is 2.14. The number of unbranched alkanes of at least 4 members (excludes halogenated alkanes) is 19. The zero-order chi connectivity index (χ0) is 23.3. The van der Waals surface area contributed by atoms with E-state index in [0.717, 1.165) is 19.8 Å². The number of hydrogen-bond donors (Lipinski definition) is 1. The number of nitrogens with zero attached hydrogens (tertiary/aromatic N) is 1. The monoisotopic (exact) mass is 441 g/mol. The van der Waals surface area contributed by atoms with Crippen LogP contribution in [0.1, 0.15) is 163 Å². The molecule has 31 heavy (non-hydrogen) atoms. The molecule has 1 N–H and O–H groups in total. The molecular weight excluding hydrogens is 376 g/mol. The van der Waals surface area contributed by atoms with Gasteiger partial charge in [-0.05, 0) is 26.6 Å². The standard InChI is InChI=1S/C20H42.C9H22N2/c1-3-5-7-9-11-13-15-17-19-20-18-16-14-12-10-8-6-4-2;1-4-6-7-8-10-9-11(3)5-2/h3-20H2,1-2H3;10H,4-9H2,1-3H3. The third kappa shape index (κ3) is 34.7. The van der Waals surface area contributed by atoms with Crippen LogP contribution in [-0.2, 0) is 0 Å². The predicted octanol–water partition coefficient (Wildman–Crippen LogP) is 9.72. The van der Waals surface area contributed by atoms with E-state index in [1.165, 1.54) is 135 Å². The molecule has 0 aromatic heterocycles. The van der Waals surface area contributed by atoms with Gasteiger partial charge in [0.25, 0.3) is 0 Å². The minimum Gasteiger partial charge on any atom is -0.304 e. The lowest BCUT2D eigenvalue weighted by atomic mass is 10.0. The molecule has 2 nitrogen and oxygen atoms in total. The van der Waals surface area contributed by atoms with Gasteiger partial charge in [0.05, 0.1) is 0 Å². The van der Waals surface area contributed by atoms with E-state index in [1.807, 2.05) is 0 Å². The molecule has 0 bridgehead atoms. The quantitative estimate of drug-likeness (QED) is 0.119. The summed E-state index contributed by atoms with van der Waals surface area (Å²) in [4.78, 5) is 2.27. The van der Waals surface area contributed by atoms with Crippen LogP contribution in [0.25, 0.3) is 0 Å². The fourth-order valence-corrected chi connectivity index (χ4v) is 3.86. The van der Waals surface area contributed by atoms with Crippen molar-refractivity contribution in [3.8, 4) is 0 Å². The average Bonchev–Trinajstić information content (AvgIpc) is 2.79. The van der Waals surface area contributed by atoms with Crippen LogP contribution in [0.4, 0.5) is 0 Å². The number of nitrogens with one attached hydrogen (secondary N) is 1. The lowest BCUT2D eigenvalue weighted by molar-refractivity contribution is 0.321. The van der Waals surface area contributed by atoms with Gasteiger partial charge in [0.1, 0.15) is 0 Å². The van der Waals surface area contributed by atoms with Gasteiger partial charge in [-0.15, -0.1) is 0 Å². The fraction of sp³-hybridized carbons (Fsp3) is 1.00. The van der Waals surface area contributed by atoms with E-state index < -0.39 is 0 Å². The predicted molar refractivity (Wildman–Crippen MR) is 145 cm³/mol. The molecule has 0 amide bonds. The second kappa shape index (κ2) is 32.1. The van der Waals surface area contributed by atoms with E-state index >= 15 is 0 Å². The first kappa shape index (κ1) is 33.1. The summed E-state index contributed by atoms with van der Waals surface area (Å²) in [6.45, 7) is 12.3. The fourth-order valence-electron chi connectivity index (χ4n) is 3.86. The van der Waals surface area contributed by atoms with Gasteiger partial charge in [-0.25, -0.2) is 0 Å². The Hall–Kier alpha value is -0.0800. The van der Waals surface area contributed by atoms with Crippen LogP contribution in [-0.4, -0.2) is 31.7 Å². The van der Waals surface area contributed by atoms with Gasteiger partial charge in [-0.1, -0.05) is 156 Å². The summed E-state index contributed by atoms with van der Waals surface area (Å²) < 4.78 is 0. The number of hydrogen-bond acceptors (Lipinski definition) is 2. The Morgan fingerprint density at radius 3 is 1.00 bits per heavy atom. The van der Waals surface area contributed by atoms with Crippen LogP contribution in [0.5, 0.6) is 0 Å². The van der Waals surface area contributed by atoms with Gasteiger partial charge < -0.3 is 5.32 Å². The molecule has 0 fully saturated rings. The molecule has 0 aliphatic carbocycles. The molecule has 0 spiro atoms. The van der Waals surface area contributed by atoms with Crippen molar-refractivity contribution in [2.45, 2.75) is 163 Å². The minimum absolute atomic E-state index is 1.03. The van der Waals surface area contributed by atoms with Gasteiger partial charge in [-0.2, -0.15) is 0 Å². The van der Waals surface area contributed by atoms with E-state index in [2.05, 4.69) is 45.0 Å². The van der Waals surface area contributed by atoms with Crippen LogP contribution in [0.2, 0.25) is 0 Å². The van der Waals surface area contributed by atoms with Crippen molar-refractivity contribution < 1.29 is 0 Å². The zero-order valence-electron chi connectivity index (χ0n) is 22.9. The lowest BCUT2D eigenvalue weighted by Crippen LogP contribution is -2.31. The maximum absolute atomic E-state index is 3.40. The van der Waals surface area contributed by atoms with E-state index in [-0.39, 0.29) is 0 Å². The van der Waals surface area contributed by atoms with E-state index in [0.29, 0.717) is 0 Å². The average molecular weight is 441 g/mol. The summed E-state index contributed by atoms with van der Waals surface area (Å²) in [6.07, 6.45) is 30.4. The van der Waals surface area contributed by atoms with Gasteiger partial charge in [0.15, 0.2) is 0 Å². The first-order chi connectivity index (χ1) is 15.2. The third-order valence-corrected chi connectivity index (χ3v) is 6.34. The second-order valence-electron chi connectivity index (χ2n) is 9.69. The molecule has 0 saturated heterocycles. The maximum Gasteiger partial charge on any atom is 0.0477 e. The van der Waals surface area contributed by atoms with Crippen molar-refractivity contribution >= 4 is 0 Å². The van der Waals surface area contributed by atoms with Crippen molar-refractivity contribution in [3.63, 3.8) is 0 Å². The lowest BCUT2D eigenvalue weighted by Gasteiger charge is -2.14. The molecule has 0 aromatic carbocycles. The summed E-state index contributed by atoms with van der Waals surface area (Å²) in [5.41, 5.74) is 0. The molecule has 0 saturated carbocycles. The topological polar surface area (TPSA) is 15.3 Å². The van der Waals surface area contributed by atoms with Crippen LogP contribution in [0, 0.1) is 0 Å². The van der Waals surface area contributed by atoms with Crippen LogP contribution >= 0.6 is 0 Å². The van der Waals surface area contributed by atoms with E-state index in [9.17, 15) is 0 Å². The number of rotatable bonds is 24. The molecule has 0 radical (unpaired) electrons. The SMILES string of the molecule is CCCCCCCCCCCCCCCCCCCC.CCCCCNCN(C)CC. The molecule has 190 valence electrons. The molecule has 0 unspecified atom stereocenters. The summed E-state index contributed by atoms with van der Waals surface area (Å²) in [6, 6.07) is 0. The van der Waals surface area contributed by atoms with Gasteiger partial charge in [0, 0.05) is 6.67 Å². The molecule has 0 atom stereocenters. The van der Waals surface area contributed by atoms with Crippen molar-refractivity contribution in [1.29, 1.82) is 0 Å². The Balaban J connectivity index is 0. The smallest absolute Gasteiger partial charge is 0.0477 e. The Kier molecular flexibility index (Phi) is 34.3.